The molecule has 1 aliphatic rings. The molecule has 0 bridgehead atoms. The number of hydrogen-bond donors (Lipinski definition) is 0. The van der Waals surface area contributed by atoms with Gasteiger partial charge in [-0.05, 0) is 0 Å². The Labute approximate surface area is 184 Å². The molecule has 0 unspecified atom stereocenters. The Kier molecular flexibility index (Phi) is 10.1. The molecular formula is C20H28O12. The van der Waals surface area contributed by atoms with Crippen LogP contribution in [0.15, 0.2) is 0 Å². The zero-order valence-corrected chi connectivity index (χ0v) is 18.8. The fourth-order valence-electron chi connectivity index (χ4n) is 3.56. The van der Waals surface area contributed by atoms with Crippen LogP contribution in [0.2, 0.25) is 0 Å². The van der Waals surface area contributed by atoms with E-state index in [1.54, 1.807) is 0 Å². The molecular weight excluding hydrogens is 432 g/mol. The minimum Gasteiger partial charge on any atom is -0.465 e. The van der Waals surface area contributed by atoms with Crippen molar-refractivity contribution in [1.29, 1.82) is 0 Å². The summed E-state index contributed by atoms with van der Waals surface area (Å²) in [5, 5.41) is 0. The first-order valence-electron chi connectivity index (χ1n) is 9.79. The predicted molar refractivity (Wildman–Crippen MR) is 102 cm³/mol. The molecule has 180 valence electrons. The van der Waals surface area contributed by atoms with Gasteiger partial charge in [-0.2, -0.15) is 0 Å². The van der Waals surface area contributed by atoms with E-state index in [-0.39, 0.29) is 13.2 Å². The van der Waals surface area contributed by atoms with Crippen LogP contribution < -0.4 is 0 Å². The highest BCUT2D eigenvalue weighted by Crippen LogP contribution is 2.39. The summed E-state index contributed by atoms with van der Waals surface area (Å²) in [6.07, 6.45) is -5.38. The third-order valence-electron chi connectivity index (χ3n) is 4.53. The molecule has 0 heterocycles. The number of ether oxygens (including phenoxy) is 6. The summed E-state index contributed by atoms with van der Waals surface area (Å²) in [6.45, 7) is 5.97. The molecule has 0 N–H and O–H groups in total. The molecule has 1 saturated carbocycles. The van der Waals surface area contributed by atoms with Crippen LogP contribution in [0.3, 0.4) is 0 Å². The lowest BCUT2D eigenvalue weighted by Crippen LogP contribution is -2.64. The number of carbonyl (C=O) groups excluding carboxylic acids is 6. The van der Waals surface area contributed by atoms with Crippen LogP contribution in [0.4, 0.5) is 0 Å². The van der Waals surface area contributed by atoms with Gasteiger partial charge in [-0.3, -0.25) is 28.8 Å². The van der Waals surface area contributed by atoms with Crippen LogP contribution in [0.25, 0.3) is 0 Å². The fraction of sp³-hybridized carbons (Fsp3) is 0.700. The smallest absolute Gasteiger partial charge is 0.303 e. The van der Waals surface area contributed by atoms with Gasteiger partial charge in [-0.15, -0.1) is 0 Å². The number of hydrogen-bond acceptors (Lipinski definition) is 12. The summed E-state index contributed by atoms with van der Waals surface area (Å²) in [5.74, 6) is -6.35. The Morgan fingerprint density at radius 3 is 0.906 bits per heavy atom. The van der Waals surface area contributed by atoms with Crippen LogP contribution in [0.5, 0.6) is 0 Å². The van der Waals surface area contributed by atoms with E-state index < -0.39 is 72.1 Å². The van der Waals surface area contributed by atoms with E-state index in [1.165, 1.54) is 0 Å². The predicted octanol–water partition coefficient (Wildman–Crippen LogP) is 0.0854. The molecule has 0 aromatic carbocycles. The molecule has 1 fully saturated rings. The van der Waals surface area contributed by atoms with E-state index in [0.29, 0.717) is 0 Å². The maximum Gasteiger partial charge on any atom is 0.303 e. The summed E-state index contributed by atoms with van der Waals surface area (Å²) in [6, 6.07) is 0. The van der Waals surface area contributed by atoms with Crippen molar-refractivity contribution < 1.29 is 57.2 Å². The van der Waals surface area contributed by atoms with Crippen molar-refractivity contribution in [3.63, 3.8) is 0 Å². The van der Waals surface area contributed by atoms with Gasteiger partial charge in [-0.1, -0.05) is 0 Å². The van der Waals surface area contributed by atoms with Gasteiger partial charge in [0.05, 0.1) is 13.2 Å². The van der Waals surface area contributed by atoms with Crippen LogP contribution in [-0.4, -0.2) is 73.4 Å². The molecule has 0 saturated heterocycles. The summed E-state index contributed by atoms with van der Waals surface area (Å²) in [5.41, 5.74) is 0. The van der Waals surface area contributed by atoms with Gasteiger partial charge >= 0.3 is 35.8 Å². The monoisotopic (exact) mass is 460 g/mol. The minimum atomic E-state index is -1.40. The van der Waals surface area contributed by atoms with Crippen molar-refractivity contribution in [2.24, 2.45) is 11.8 Å². The SMILES string of the molecule is CC(=O)OC[C@@H]1[C@H](COC(C)=O)[C@H](OC(C)=O)[C@H](OC(C)=O)[C@@H](OC(C)=O)[C@H]1OC(C)=O. The molecule has 32 heavy (non-hydrogen) atoms. The van der Waals surface area contributed by atoms with E-state index in [1.807, 2.05) is 0 Å². The third-order valence-corrected chi connectivity index (χ3v) is 4.53. The van der Waals surface area contributed by atoms with Crippen LogP contribution in [0, 0.1) is 11.8 Å². The molecule has 6 atom stereocenters. The van der Waals surface area contributed by atoms with Crippen molar-refractivity contribution >= 4 is 35.8 Å². The second-order valence-corrected chi connectivity index (χ2v) is 7.23. The lowest BCUT2D eigenvalue weighted by atomic mass is 9.72. The standard InChI is InChI=1S/C20H28O12/c1-9(21)27-7-15-16(8-28-10(2)22)18(30-12(4)24)20(32-14(6)26)19(31-13(5)25)17(15)29-11(3)23/h15-20H,7-8H2,1-6H3/t15-,16+,17-,18-,19-,20-/m0/s1. The zero-order chi connectivity index (χ0) is 24.6. The number of esters is 6. The summed E-state index contributed by atoms with van der Waals surface area (Å²) in [7, 11) is 0. The van der Waals surface area contributed by atoms with Crippen LogP contribution in [0.1, 0.15) is 41.5 Å². The highest BCUT2D eigenvalue weighted by atomic mass is 16.6. The average molecular weight is 460 g/mol. The van der Waals surface area contributed by atoms with Gasteiger partial charge in [-0.25, -0.2) is 0 Å². The summed E-state index contributed by atoms with van der Waals surface area (Å²) in [4.78, 5) is 70.2. The quantitative estimate of drug-likeness (QED) is 0.355. The van der Waals surface area contributed by atoms with E-state index in [9.17, 15) is 28.8 Å². The Morgan fingerprint density at radius 1 is 0.438 bits per heavy atom. The molecule has 1 rings (SSSR count). The third kappa shape index (κ3) is 8.16. The molecule has 0 aliphatic heterocycles. The Bertz CT molecular complexity index is 683. The number of rotatable bonds is 8. The second kappa shape index (κ2) is 12.0. The molecule has 12 nitrogen and oxygen atoms in total. The van der Waals surface area contributed by atoms with Gasteiger partial charge in [0.1, 0.15) is 12.2 Å². The highest BCUT2D eigenvalue weighted by Gasteiger charge is 2.57. The van der Waals surface area contributed by atoms with Crippen molar-refractivity contribution in [3.8, 4) is 0 Å². The normalized spacial score (nSPS) is 26.8. The molecule has 0 spiro atoms. The Hall–Kier alpha value is -3.18. The lowest BCUT2D eigenvalue weighted by molar-refractivity contribution is -0.238. The summed E-state index contributed by atoms with van der Waals surface area (Å²) < 4.78 is 31.5. The molecule has 0 radical (unpaired) electrons. The molecule has 0 aromatic heterocycles. The maximum absolute atomic E-state index is 11.8. The first-order chi connectivity index (χ1) is 14.8. The van der Waals surface area contributed by atoms with E-state index >= 15 is 0 Å². The largest absolute Gasteiger partial charge is 0.465 e. The van der Waals surface area contributed by atoms with E-state index in [2.05, 4.69) is 0 Å². The van der Waals surface area contributed by atoms with Gasteiger partial charge in [0, 0.05) is 53.4 Å². The molecule has 1 aliphatic carbocycles. The molecule has 0 aromatic rings. The van der Waals surface area contributed by atoms with Gasteiger partial charge < -0.3 is 28.4 Å². The van der Waals surface area contributed by atoms with Gasteiger partial charge in [0.2, 0.25) is 0 Å². The highest BCUT2D eigenvalue weighted by molar-refractivity contribution is 5.69. The topological polar surface area (TPSA) is 158 Å². The molecule has 12 heteroatoms. The first-order valence-corrected chi connectivity index (χ1v) is 9.79. The van der Waals surface area contributed by atoms with Gasteiger partial charge in [0.15, 0.2) is 12.2 Å². The van der Waals surface area contributed by atoms with Crippen LogP contribution >= 0.6 is 0 Å². The van der Waals surface area contributed by atoms with Gasteiger partial charge in [0.25, 0.3) is 0 Å². The second-order valence-electron chi connectivity index (χ2n) is 7.23. The fourth-order valence-corrected chi connectivity index (χ4v) is 3.56. The number of carbonyl (C=O) groups is 6. The lowest BCUT2D eigenvalue weighted by Gasteiger charge is -2.48. The van der Waals surface area contributed by atoms with E-state index in [4.69, 9.17) is 28.4 Å². The van der Waals surface area contributed by atoms with Crippen molar-refractivity contribution in [1.82, 2.24) is 0 Å². The summed E-state index contributed by atoms with van der Waals surface area (Å²) >= 11 is 0. The van der Waals surface area contributed by atoms with Crippen molar-refractivity contribution in [2.45, 2.75) is 66.0 Å². The van der Waals surface area contributed by atoms with Crippen molar-refractivity contribution in [3.05, 3.63) is 0 Å². The zero-order valence-electron chi connectivity index (χ0n) is 18.8. The van der Waals surface area contributed by atoms with Crippen LogP contribution in [-0.2, 0) is 57.2 Å². The Balaban J connectivity index is 3.63. The average Bonchev–Trinajstić information content (AvgIpc) is 2.62. The first kappa shape index (κ1) is 26.9. The minimum absolute atomic E-state index is 0.360. The van der Waals surface area contributed by atoms with Crippen molar-refractivity contribution in [2.75, 3.05) is 13.2 Å². The Morgan fingerprint density at radius 2 is 0.688 bits per heavy atom. The maximum atomic E-state index is 11.8. The molecule has 0 amide bonds. The van der Waals surface area contributed by atoms with E-state index in [0.717, 1.165) is 41.5 Å².